The summed E-state index contributed by atoms with van der Waals surface area (Å²) in [5, 5.41) is 8.07. The molecule has 0 aliphatic carbocycles. The molecule has 1 saturated heterocycles. The van der Waals surface area contributed by atoms with Gasteiger partial charge in [0, 0.05) is 18.8 Å². The molecule has 2 aromatic carbocycles. The van der Waals surface area contributed by atoms with Crippen LogP contribution in [0.2, 0.25) is 0 Å². The minimum atomic E-state index is -4.33. The molecule has 1 fully saturated rings. The highest BCUT2D eigenvalue weighted by atomic mass is 19.4. The number of hydrogen-bond donors (Lipinski definition) is 0. The molecule has 3 rings (SSSR count). The first-order valence-electron chi connectivity index (χ1n) is 7.96. The predicted octanol–water partition coefficient (Wildman–Crippen LogP) is 6.11. The van der Waals surface area contributed by atoms with Crippen molar-refractivity contribution in [3.05, 3.63) is 54.1 Å². The largest absolute Gasteiger partial charge is 0.416 e. The normalized spacial score (nSPS) is 15.9. The Kier molecular flexibility index (Phi) is 4.83. The Balaban J connectivity index is 1.66. The number of benzene rings is 2. The topological polar surface area (TPSA) is 28.0 Å². The molecule has 6 heteroatoms. The van der Waals surface area contributed by atoms with E-state index in [-0.39, 0.29) is 0 Å². The molecule has 0 saturated carbocycles. The molecule has 3 nitrogen and oxygen atoms in total. The molecular formula is C18H18F3N3. The van der Waals surface area contributed by atoms with Gasteiger partial charge in [0.1, 0.15) is 0 Å². The van der Waals surface area contributed by atoms with E-state index in [0.717, 1.165) is 25.2 Å². The van der Waals surface area contributed by atoms with E-state index in [1.807, 2.05) is 24.3 Å². The van der Waals surface area contributed by atoms with E-state index >= 15 is 0 Å². The first kappa shape index (κ1) is 16.5. The van der Waals surface area contributed by atoms with Crippen molar-refractivity contribution in [1.29, 1.82) is 0 Å². The van der Waals surface area contributed by atoms with Crippen LogP contribution in [-0.4, -0.2) is 13.1 Å². The molecule has 0 unspecified atom stereocenters. The molecule has 0 radical (unpaired) electrons. The zero-order valence-corrected chi connectivity index (χ0v) is 13.1. The molecule has 1 aliphatic heterocycles. The molecule has 126 valence electrons. The van der Waals surface area contributed by atoms with Crippen molar-refractivity contribution in [3.8, 4) is 0 Å². The van der Waals surface area contributed by atoms with Gasteiger partial charge in [-0.05, 0) is 67.8 Å². The molecule has 1 heterocycles. The van der Waals surface area contributed by atoms with E-state index < -0.39 is 11.7 Å². The molecule has 0 aromatic heterocycles. The number of nitrogens with zero attached hydrogens (tertiary/aromatic N) is 3. The number of anilines is 1. The van der Waals surface area contributed by atoms with Gasteiger partial charge in [-0.25, -0.2) is 0 Å². The highest BCUT2D eigenvalue weighted by molar-refractivity contribution is 5.53. The van der Waals surface area contributed by atoms with Gasteiger partial charge in [-0.1, -0.05) is 0 Å². The maximum atomic E-state index is 12.5. The minimum absolute atomic E-state index is 0.392. The van der Waals surface area contributed by atoms with Crippen molar-refractivity contribution >= 4 is 17.1 Å². The van der Waals surface area contributed by atoms with Crippen molar-refractivity contribution in [2.45, 2.75) is 25.4 Å². The van der Waals surface area contributed by atoms with Gasteiger partial charge in [-0.2, -0.15) is 23.4 Å². The van der Waals surface area contributed by atoms with Crippen LogP contribution in [0.5, 0.6) is 0 Å². The van der Waals surface area contributed by atoms with Crippen LogP contribution in [0.25, 0.3) is 0 Å². The lowest BCUT2D eigenvalue weighted by Gasteiger charge is -2.28. The number of piperidine rings is 1. The van der Waals surface area contributed by atoms with Crippen molar-refractivity contribution in [1.82, 2.24) is 0 Å². The van der Waals surface area contributed by atoms with Crippen molar-refractivity contribution in [2.75, 3.05) is 18.0 Å². The summed E-state index contributed by atoms with van der Waals surface area (Å²) in [7, 11) is 0. The van der Waals surface area contributed by atoms with Crippen molar-refractivity contribution in [3.63, 3.8) is 0 Å². The van der Waals surface area contributed by atoms with E-state index in [1.54, 1.807) is 0 Å². The van der Waals surface area contributed by atoms with Gasteiger partial charge in [-0.3, -0.25) is 0 Å². The summed E-state index contributed by atoms with van der Waals surface area (Å²) in [6, 6.07) is 12.4. The predicted molar refractivity (Wildman–Crippen MR) is 88.1 cm³/mol. The monoisotopic (exact) mass is 333 g/mol. The average molecular weight is 333 g/mol. The van der Waals surface area contributed by atoms with Gasteiger partial charge in [0.25, 0.3) is 0 Å². The maximum absolute atomic E-state index is 12.5. The molecule has 0 spiro atoms. The van der Waals surface area contributed by atoms with Crippen LogP contribution in [0, 0.1) is 0 Å². The SMILES string of the molecule is FC(F)(F)c1ccc(N=Nc2ccc(N3CCCCC3)cc2)cc1. The van der Waals surface area contributed by atoms with Crippen LogP contribution < -0.4 is 4.90 Å². The van der Waals surface area contributed by atoms with Crippen LogP contribution >= 0.6 is 0 Å². The van der Waals surface area contributed by atoms with E-state index in [1.165, 1.54) is 37.1 Å². The first-order chi connectivity index (χ1) is 11.5. The quantitative estimate of drug-likeness (QED) is 0.623. The number of hydrogen-bond acceptors (Lipinski definition) is 3. The van der Waals surface area contributed by atoms with Crippen LogP contribution in [0.4, 0.5) is 30.2 Å². The lowest BCUT2D eigenvalue weighted by molar-refractivity contribution is -0.137. The summed E-state index contributed by atoms with van der Waals surface area (Å²) < 4.78 is 37.5. The Morgan fingerprint density at radius 1 is 0.708 bits per heavy atom. The fourth-order valence-corrected chi connectivity index (χ4v) is 2.71. The van der Waals surface area contributed by atoms with Gasteiger partial charge in [-0.15, -0.1) is 0 Å². The van der Waals surface area contributed by atoms with E-state index in [2.05, 4.69) is 15.1 Å². The van der Waals surface area contributed by atoms with Gasteiger partial charge in [0.15, 0.2) is 0 Å². The molecule has 0 atom stereocenters. The minimum Gasteiger partial charge on any atom is -0.372 e. The maximum Gasteiger partial charge on any atom is 0.416 e. The fourth-order valence-electron chi connectivity index (χ4n) is 2.71. The second kappa shape index (κ2) is 7.03. The summed E-state index contributed by atoms with van der Waals surface area (Å²) in [5.41, 5.74) is 1.55. The Morgan fingerprint density at radius 2 is 1.21 bits per heavy atom. The first-order valence-corrected chi connectivity index (χ1v) is 7.96. The number of halogens is 3. The summed E-state index contributed by atoms with van der Waals surface area (Å²) in [6.07, 6.45) is -0.610. The second-order valence-electron chi connectivity index (χ2n) is 5.81. The fraction of sp³-hybridized carbons (Fsp3) is 0.333. The zero-order valence-electron chi connectivity index (χ0n) is 13.1. The Labute approximate surface area is 138 Å². The second-order valence-corrected chi connectivity index (χ2v) is 5.81. The average Bonchev–Trinajstić information content (AvgIpc) is 2.61. The third-order valence-electron chi connectivity index (χ3n) is 4.05. The molecular weight excluding hydrogens is 315 g/mol. The van der Waals surface area contributed by atoms with Gasteiger partial charge in [0.05, 0.1) is 16.9 Å². The van der Waals surface area contributed by atoms with E-state index in [9.17, 15) is 13.2 Å². The van der Waals surface area contributed by atoms with Gasteiger partial charge >= 0.3 is 6.18 Å². The van der Waals surface area contributed by atoms with Crippen LogP contribution in [0.15, 0.2) is 58.8 Å². The third-order valence-corrected chi connectivity index (χ3v) is 4.05. The van der Waals surface area contributed by atoms with E-state index in [0.29, 0.717) is 11.4 Å². The number of alkyl halides is 3. The number of azo groups is 1. The molecule has 24 heavy (non-hydrogen) atoms. The molecule has 2 aromatic rings. The summed E-state index contributed by atoms with van der Waals surface area (Å²) in [6.45, 7) is 2.15. The Hall–Kier alpha value is -2.37. The standard InChI is InChI=1S/C18H18F3N3/c19-18(20,21)14-4-6-15(7-5-14)22-23-16-8-10-17(11-9-16)24-12-2-1-3-13-24/h4-11H,1-3,12-13H2. The van der Waals surface area contributed by atoms with Crippen LogP contribution in [0.1, 0.15) is 24.8 Å². The third kappa shape index (κ3) is 4.13. The molecule has 0 N–H and O–H groups in total. The zero-order chi connectivity index (χ0) is 17.0. The van der Waals surface area contributed by atoms with Crippen molar-refractivity contribution in [2.24, 2.45) is 10.2 Å². The van der Waals surface area contributed by atoms with E-state index in [4.69, 9.17) is 0 Å². The van der Waals surface area contributed by atoms with Crippen LogP contribution in [-0.2, 0) is 6.18 Å². The Bertz CT molecular complexity index is 685. The highest BCUT2D eigenvalue weighted by Gasteiger charge is 2.29. The summed E-state index contributed by atoms with van der Waals surface area (Å²) >= 11 is 0. The van der Waals surface area contributed by atoms with Crippen LogP contribution in [0.3, 0.4) is 0 Å². The lowest BCUT2D eigenvalue weighted by atomic mass is 10.1. The lowest BCUT2D eigenvalue weighted by Crippen LogP contribution is -2.29. The molecule has 0 bridgehead atoms. The smallest absolute Gasteiger partial charge is 0.372 e. The molecule has 0 amide bonds. The van der Waals surface area contributed by atoms with Crippen molar-refractivity contribution < 1.29 is 13.2 Å². The summed E-state index contributed by atoms with van der Waals surface area (Å²) in [4.78, 5) is 2.35. The van der Waals surface area contributed by atoms with Gasteiger partial charge < -0.3 is 4.90 Å². The highest BCUT2D eigenvalue weighted by Crippen LogP contribution is 2.31. The number of rotatable bonds is 3. The molecule has 1 aliphatic rings. The Morgan fingerprint density at radius 3 is 1.71 bits per heavy atom. The summed E-state index contributed by atoms with van der Waals surface area (Å²) in [5.74, 6) is 0. The van der Waals surface area contributed by atoms with Gasteiger partial charge in [0.2, 0.25) is 0 Å².